The highest BCUT2D eigenvalue weighted by Gasteiger charge is 2.14. The molecular weight excluding hydrogens is 329 g/mol. The molecule has 0 aliphatic carbocycles. The number of esters is 1. The molecule has 0 aliphatic rings. The summed E-state index contributed by atoms with van der Waals surface area (Å²) in [5.41, 5.74) is 2.05. The zero-order valence-corrected chi connectivity index (χ0v) is 11.3. The molecule has 0 spiro atoms. The lowest BCUT2D eigenvalue weighted by molar-refractivity contribution is 0.0601. The van der Waals surface area contributed by atoms with Crippen LogP contribution in [0.2, 0.25) is 0 Å². The number of rotatable bonds is 2. The van der Waals surface area contributed by atoms with Crippen molar-refractivity contribution in [1.29, 1.82) is 0 Å². The van der Waals surface area contributed by atoms with Crippen molar-refractivity contribution in [2.24, 2.45) is 0 Å². The Labute approximate surface area is 113 Å². The van der Waals surface area contributed by atoms with Gasteiger partial charge in [0, 0.05) is 5.56 Å². The summed E-state index contributed by atoms with van der Waals surface area (Å²) in [7, 11) is 1.37. The number of carbonyl (C=O) groups is 1. The maximum absolute atomic E-state index is 11.7. The molecule has 4 heteroatoms. The van der Waals surface area contributed by atoms with Gasteiger partial charge in [-0.15, -0.1) is 0 Å². The first-order valence-corrected chi connectivity index (χ1v) is 6.10. The van der Waals surface area contributed by atoms with Crippen molar-refractivity contribution in [3.63, 3.8) is 0 Å². The fourth-order valence-corrected chi connectivity index (χ4v) is 1.95. The topological polar surface area (TPSA) is 39.2 Å². The first-order chi connectivity index (χ1) is 8.22. The van der Waals surface area contributed by atoms with E-state index >= 15 is 0 Å². The average Bonchev–Trinajstić information content (AvgIpc) is 2.39. The van der Waals surface area contributed by atoms with Crippen LogP contribution in [0.15, 0.2) is 42.5 Å². The van der Waals surface area contributed by atoms with E-state index in [-0.39, 0.29) is 5.97 Å². The van der Waals surface area contributed by atoms with Crippen LogP contribution in [-0.2, 0) is 4.74 Å². The lowest BCUT2D eigenvalue weighted by Crippen LogP contribution is -2.05. The van der Waals surface area contributed by atoms with Gasteiger partial charge in [0.2, 0.25) is 0 Å². The highest BCUT2D eigenvalue weighted by Crippen LogP contribution is 2.23. The predicted molar refractivity (Wildman–Crippen MR) is 73.7 cm³/mol. The van der Waals surface area contributed by atoms with Crippen molar-refractivity contribution < 1.29 is 9.53 Å². The Hall–Kier alpha value is -1.43. The Balaban J connectivity index is 2.59. The Bertz CT molecular complexity index is 540. The van der Waals surface area contributed by atoms with Crippen molar-refractivity contribution >= 4 is 28.6 Å². The molecule has 0 radical (unpaired) electrons. The molecule has 0 atom stereocenters. The van der Waals surface area contributed by atoms with Gasteiger partial charge in [-0.3, -0.25) is 0 Å². The third-order valence-electron chi connectivity index (χ3n) is 2.31. The van der Waals surface area contributed by atoms with Gasteiger partial charge >= 0.3 is 5.97 Å². The smallest absolute Gasteiger partial charge is 0.340 e. The molecule has 0 fully saturated rings. The van der Waals surface area contributed by atoms with Gasteiger partial charge in [-0.05, 0) is 34.7 Å². The van der Waals surface area contributed by atoms with Gasteiger partial charge in [-0.25, -0.2) is 9.78 Å². The van der Waals surface area contributed by atoms with Gasteiger partial charge in [0.25, 0.3) is 0 Å². The normalized spacial score (nSPS) is 10.0. The summed E-state index contributed by atoms with van der Waals surface area (Å²) in [5, 5.41) is 0. The van der Waals surface area contributed by atoms with E-state index in [1.807, 2.05) is 30.3 Å². The maximum Gasteiger partial charge on any atom is 0.340 e. The quantitative estimate of drug-likeness (QED) is 0.479. The SMILES string of the molecule is COC(=O)c1ccc(I)nc1-c1ccccc1. The van der Waals surface area contributed by atoms with Crippen molar-refractivity contribution in [1.82, 2.24) is 4.98 Å². The number of carbonyl (C=O) groups excluding carboxylic acids is 1. The number of hydrogen-bond donors (Lipinski definition) is 0. The van der Waals surface area contributed by atoms with Crippen LogP contribution < -0.4 is 0 Å². The van der Waals surface area contributed by atoms with Crippen molar-refractivity contribution in [3.8, 4) is 11.3 Å². The van der Waals surface area contributed by atoms with Crippen LogP contribution in [0, 0.1) is 3.70 Å². The fourth-order valence-electron chi connectivity index (χ4n) is 1.53. The van der Waals surface area contributed by atoms with Crippen LogP contribution in [0.4, 0.5) is 0 Å². The number of methoxy groups -OCH3 is 1. The van der Waals surface area contributed by atoms with Crippen molar-refractivity contribution in [3.05, 3.63) is 51.7 Å². The number of pyridine rings is 1. The Morgan fingerprint density at radius 1 is 1.18 bits per heavy atom. The third kappa shape index (κ3) is 2.63. The molecule has 0 bridgehead atoms. The van der Waals surface area contributed by atoms with E-state index in [2.05, 4.69) is 27.6 Å². The molecule has 0 amide bonds. The zero-order chi connectivity index (χ0) is 12.3. The standard InChI is InChI=1S/C13H10INO2/c1-17-13(16)10-7-8-11(14)15-12(10)9-5-3-2-4-6-9/h2-8H,1H3. The third-order valence-corrected chi connectivity index (χ3v) is 2.91. The molecule has 86 valence electrons. The number of aromatic nitrogens is 1. The van der Waals surface area contributed by atoms with E-state index in [0.717, 1.165) is 9.26 Å². The number of halogens is 1. The number of nitrogens with zero attached hydrogens (tertiary/aromatic N) is 1. The van der Waals surface area contributed by atoms with Crippen LogP contribution in [0.25, 0.3) is 11.3 Å². The van der Waals surface area contributed by atoms with Crippen LogP contribution in [0.5, 0.6) is 0 Å². The van der Waals surface area contributed by atoms with Crippen molar-refractivity contribution in [2.45, 2.75) is 0 Å². The molecule has 0 aliphatic heterocycles. The van der Waals surface area contributed by atoms with E-state index in [9.17, 15) is 4.79 Å². The van der Waals surface area contributed by atoms with E-state index in [4.69, 9.17) is 4.74 Å². The molecule has 0 N–H and O–H groups in total. The zero-order valence-electron chi connectivity index (χ0n) is 9.18. The Morgan fingerprint density at radius 2 is 1.88 bits per heavy atom. The number of hydrogen-bond acceptors (Lipinski definition) is 3. The second-order valence-corrected chi connectivity index (χ2v) is 4.49. The Morgan fingerprint density at radius 3 is 2.53 bits per heavy atom. The molecule has 3 nitrogen and oxygen atoms in total. The first kappa shape index (κ1) is 12.0. The van der Waals surface area contributed by atoms with Crippen molar-refractivity contribution in [2.75, 3.05) is 7.11 Å². The van der Waals surface area contributed by atoms with Gasteiger partial charge in [0.05, 0.1) is 18.4 Å². The van der Waals surface area contributed by atoms with Gasteiger partial charge in [0.15, 0.2) is 0 Å². The molecule has 2 aromatic rings. The summed E-state index contributed by atoms with van der Waals surface area (Å²) in [6, 6.07) is 13.1. The largest absolute Gasteiger partial charge is 0.465 e. The molecule has 0 saturated carbocycles. The fraction of sp³-hybridized carbons (Fsp3) is 0.0769. The van der Waals surface area contributed by atoms with Gasteiger partial charge in [-0.2, -0.15) is 0 Å². The summed E-state index contributed by atoms with van der Waals surface area (Å²) in [6.07, 6.45) is 0. The molecule has 17 heavy (non-hydrogen) atoms. The molecular formula is C13H10INO2. The molecule has 1 heterocycles. The Kier molecular flexibility index (Phi) is 3.73. The molecule has 2 rings (SSSR count). The minimum absolute atomic E-state index is 0.368. The van der Waals surface area contributed by atoms with Gasteiger partial charge in [0.1, 0.15) is 3.70 Å². The lowest BCUT2D eigenvalue weighted by Gasteiger charge is -2.07. The average molecular weight is 339 g/mol. The van der Waals surface area contributed by atoms with Gasteiger partial charge < -0.3 is 4.74 Å². The maximum atomic E-state index is 11.7. The van der Waals surface area contributed by atoms with Crippen LogP contribution in [0.1, 0.15) is 10.4 Å². The van der Waals surface area contributed by atoms with E-state index < -0.39 is 0 Å². The second-order valence-electron chi connectivity index (χ2n) is 3.39. The summed E-state index contributed by atoms with van der Waals surface area (Å²) in [4.78, 5) is 16.1. The summed E-state index contributed by atoms with van der Waals surface area (Å²) < 4.78 is 5.60. The van der Waals surface area contributed by atoms with Gasteiger partial charge in [-0.1, -0.05) is 30.3 Å². The van der Waals surface area contributed by atoms with E-state index in [0.29, 0.717) is 11.3 Å². The second kappa shape index (κ2) is 5.27. The number of ether oxygens (including phenoxy) is 1. The number of benzene rings is 1. The summed E-state index contributed by atoms with van der Waals surface area (Å²) >= 11 is 2.12. The molecule has 0 unspecified atom stereocenters. The first-order valence-electron chi connectivity index (χ1n) is 5.02. The van der Waals surface area contributed by atoms with E-state index in [1.54, 1.807) is 12.1 Å². The predicted octanol–water partition coefficient (Wildman–Crippen LogP) is 3.14. The molecule has 1 aromatic carbocycles. The summed E-state index contributed by atoms with van der Waals surface area (Å²) in [5.74, 6) is -0.368. The van der Waals surface area contributed by atoms with Crippen LogP contribution in [-0.4, -0.2) is 18.1 Å². The summed E-state index contributed by atoms with van der Waals surface area (Å²) in [6.45, 7) is 0. The highest BCUT2D eigenvalue weighted by atomic mass is 127. The van der Waals surface area contributed by atoms with Crippen LogP contribution in [0.3, 0.4) is 0 Å². The minimum Gasteiger partial charge on any atom is -0.465 e. The monoisotopic (exact) mass is 339 g/mol. The molecule has 1 aromatic heterocycles. The molecule has 0 saturated heterocycles. The highest BCUT2D eigenvalue weighted by molar-refractivity contribution is 14.1. The minimum atomic E-state index is -0.368. The van der Waals surface area contributed by atoms with E-state index in [1.165, 1.54) is 7.11 Å². The lowest BCUT2D eigenvalue weighted by atomic mass is 10.1. The van der Waals surface area contributed by atoms with Crippen LogP contribution >= 0.6 is 22.6 Å².